The Morgan fingerprint density at radius 2 is 2.33 bits per heavy atom. The van der Waals surface area contributed by atoms with Gasteiger partial charge in [0.05, 0.1) is 0 Å². The molecular weight excluding hydrogens is 180 g/mol. The topological polar surface area (TPSA) is 57.5 Å². The number of hydrogen-bond donors (Lipinski definition) is 2. The zero-order valence-electron chi connectivity index (χ0n) is 6.49. The minimum Gasteiger partial charge on any atom is -0.480 e. The molecule has 12 heavy (non-hydrogen) atoms. The van der Waals surface area contributed by atoms with E-state index in [1.54, 1.807) is 13.0 Å². The fourth-order valence-electron chi connectivity index (χ4n) is 0.975. The Labute approximate surface area is 75.0 Å². The lowest BCUT2D eigenvalue weighted by molar-refractivity contribution is -0.140. The second kappa shape index (κ2) is 2.92. The van der Waals surface area contributed by atoms with Crippen LogP contribution in [0.25, 0.3) is 0 Å². The first-order chi connectivity index (χ1) is 5.47. The molecule has 0 heterocycles. The number of carboxylic acid groups (broad SMARTS) is 1. The van der Waals surface area contributed by atoms with Crippen LogP contribution >= 0.6 is 11.6 Å². The molecule has 2 atom stereocenters. The standard InChI is InChI=1S/C8H9ClO3/c1-5-2-3-8(9,7(11)12)6(10)4-5/h2-4,6,10H,1H3,(H,11,12). The molecule has 0 radical (unpaired) electrons. The lowest BCUT2D eigenvalue weighted by Gasteiger charge is -2.25. The van der Waals surface area contributed by atoms with Crippen LogP contribution in [0.5, 0.6) is 0 Å². The van der Waals surface area contributed by atoms with Crippen LogP contribution in [0.1, 0.15) is 6.92 Å². The quantitative estimate of drug-likeness (QED) is 0.602. The highest BCUT2D eigenvalue weighted by Crippen LogP contribution is 2.28. The van der Waals surface area contributed by atoms with Gasteiger partial charge in [0.2, 0.25) is 0 Å². The molecule has 2 unspecified atom stereocenters. The van der Waals surface area contributed by atoms with Crippen LogP contribution in [0, 0.1) is 0 Å². The second-order valence-electron chi connectivity index (χ2n) is 2.76. The fraction of sp³-hybridized carbons (Fsp3) is 0.375. The van der Waals surface area contributed by atoms with E-state index in [1.165, 1.54) is 12.2 Å². The molecule has 3 nitrogen and oxygen atoms in total. The fourth-order valence-corrected chi connectivity index (χ4v) is 1.10. The number of allylic oxidation sites excluding steroid dienone is 2. The summed E-state index contributed by atoms with van der Waals surface area (Å²) in [4.78, 5) is 8.93. The predicted molar refractivity (Wildman–Crippen MR) is 45.1 cm³/mol. The van der Waals surface area contributed by atoms with Gasteiger partial charge in [0.1, 0.15) is 6.10 Å². The van der Waals surface area contributed by atoms with Crippen LogP contribution in [0.3, 0.4) is 0 Å². The zero-order chi connectivity index (χ0) is 9.35. The monoisotopic (exact) mass is 188 g/mol. The third kappa shape index (κ3) is 1.38. The normalized spacial score (nSPS) is 34.6. The minimum atomic E-state index is -1.69. The lowest BCUT2D eigenvalue weighted by atomic mass is 9.94. The summed E-state index contributed by atoms with van der Waals surface area (Å²) in [5, 5.41) is 18.0. The predicted octanol–water partition coefficient (Wildman–Crippen LogP) is 0.926. The molecule has 1 aliphatic carbocycles. The number of alkyl halides is 1. The maximum atomic E-state index is 10.6. The summed E-state index contributed by atoms with van der Waals surface area (Å²) < 4.78 is 0. The SMILES string of the molecule is CC1=CC(O)C(Cl)(C(=O)O)C=C1. The van der Waals surface area contributed by atoms with E-state index in [4.69, 9.17) is 16.7 Å². The number of halogens is 1. The van der Waals surface area contributed by atoms with Crippen molar-refractivity contribution < 1.29 is 15.0 Å². The number of aliphatic hydroxyl groups is 1. The Morgan fingerprint density at radius 3 is 2.75 bits per heavy atom. The van der Waals surface area contributed by atoms with Crippen molar-refractivity contribution in [3.8, 4) is 0 Å². The van der Waals surface area contributed by atoms with Gasteiger partial charge in [-0.3, -0.25) is 0 Å². The van der Waals surface area contributed by atoms with Gasteiger partial charge in [0, 0.05) is 0 Å². The molecular formula is C8H9ClO3. The number of hydrogen-bond acceptors (Lipinski definition) is 2. The van der Waals surface area contributed by atoms with Gasteiger partial charge in [-0.1, -0.05) is 29.3 Å². The summed E-state index contributed by atoms with van der Waals surface area (Å²) >= 11 is 5.64. The molecule has 0 aromatic carbocycles. The summed E-state index contributed by atoms with van der Waals surface area (Å²) in [6, 6.07) is 0. The lowest BCUT2D eigenvalue weighted by Crippen LogP contribution is -2.43. The van der Waals surface area contributed by atoms with Crippen molar-refractivity contribution in [3.05, 3.63) is 23.8 Å². The number of aliphatic carboxylic acids is 1. The van der Waals surface area contributed by atoms with Crippen molar-refractivity contribution in [2.75, 3.05) is 0 Å². The molecule has 0 saturated carbocycles. The van der Waals surface area contributed by atoms with Crippen molar-refractivity contribution in [2.45, 2.75) is 17.9 Å². The summed E-state index contributed by atoms with van der Waals surface area (Å²) in [6.07, 6.45) is 3.12. The van der Waals surface area contributed by atoms with E-state index < -0.39 is 16.9 Å². The van der Waals surface area contributed by atoms with Crippen LogP contribution in [0.2, 0.25) is 0 Å². The Kier molecular flexibility index (Phi) is 2.26. The van der Waals surface area contributed by atoms with Gasteiger partial charge in [-0.05, 0) is 13.0 Å². The smallest absolute Gasteiger partial charge is 0.331 e. The van der Waals surface area contributed by atoms with Gasteiger partial charge >= 0.3 is 5.97 Å². The first-order valence-electron chi connectivity index (χ1n) is 3.45. The van der Waals surface area contributed by atoms with E-state index in [2.05, 4.69) is 0 Å². The molecule has 0 aromatic heterocycles. The molecule has 0 spiro atoms. The molecule has 2 N–H and O–H groups in total. The highest BCUT2D eigenvalue weighted by atomic mass is 35.5. The summed E-state index contributed by atoms with van der Waals surface area (Å²) in [6.45, 7) is 1.76. The van der Waals surface area contributed by atoms with Gasteiger partial charge in [0.15, 0.2) is 4.87 Å². The first kappa shape index (κ1) is 9.29. The molecule has 1 aliphatic rings. The van der Waals surface area contributed by atoms with E-state index in [9.17, 15) is 9.90 Å². The maximum Gasteiger partial charge on any atom is 0.331 e. The van der Waals surface area contributed by atoms with Crippen molar-refractivity contribution in [2.24, 2.45) is 0 Å². The third-order valence-electron chi connectivity index (χ3n) is 1.77. The molecule has 0 aromatic rings. The Balaban J connectivity index is 2.99. The Hall–Kier alpha value is -0.800. The summed E-state index contributed by atoms with van der Waals surface area (Å²) in [7, 11) is 0. The molecule has 0 amide bonds. The van der Waals surface area contributed by atoms with Crippen molar-refractivity contribution >= 4 is 17.6 Å². The second-order valence-corrected chi connectivity index (χ2v) is 3.39. The highest BCUT2D eigenvalue weighted by Gasteiger charge is 2.41. The van der Waals surface area contributed by atoms with Crippen molar-refractivity contribution in [1.82, 2.24) is 0 Å². The van der Waals surface area contributed by atoms with Crippen LogP contribution in [0.4, 0.5) is 0 Å². The number of aliphatic hydroxyl groups excluding tert-OH is 1. The summed E-state index contributed by atoms with van der Waals surface area (Å²) in [5.41, 5.74) is 0.806. The maximum absolute atomic E-state index is 10.6. The van der Waals surface area contributed by atoms with E-state index in [-0.39, 0.29) is 0 Å². The van der Waals surface area contributed by atoms with Gasteiger partial charge in [-0.15, -0.1) is 0 Å². The van der Waals surface area contributed by atoms with E-state index in [1.807, 2.05) is 0 Å². The average molecular weight is 189 g/mol. The Morgan fingerprint density at radius 1 is 1.75 bits per heavy atom. The molecule has 0 aliphatic heterocycles. The first-order valence-corrected chi connectivity index (χ1v) is 3.82. The molecule has 1 rings (SSSR count). The van der Waals surface area contributed by atoms with E-state index in [0.717, 1.165) is 5.57 Å². The number of carboxylic acids is 1. The van der Waals surface area contributed by atoms with Crippen molar-refractivity contribution in [1.29, 1.82) is 0 Å². The highest BCUT2D eigenvalue weighted by molar-refractivity contribution is 6.36. The van der Waals surface area contributed by atoms with Gasteiger partial charge in [-0.2, -0.15) is 0 Å². The molecule has 0 fully saturated rings. The van der Waals surface area contributed by atoms with Crippen molar-refractivity contribution in [3.63, 3.8) is 0 Å². The average Bonchev–Trinajstić information content (AvgIpc) is 1.97. The largest absolute Gasteiger partial charge is 0.480 e. The van der Waals surface area contributed by atoms with Crippen LogP contribution in [-0.4, -0.2) is 27.2 Å². The van der Waals surface area contributed by atoms with E-state index in [0.29, 0.717) is 0 Å². The number of rotatable bonds is 1. The molecule has 4 heteroatoms. The van der Waals surface area contributed by atoms with Gasteiger partial charge in [0.25, 0.3) is 0 Å². The van der Waals surface area contributed by atoms with Crippen LogP contribution in [0.15, 0.2) is 23.8 Å². The van der Waals surface area contributed by atoms with Gasteiger partial charge in [-0.25, -0.2) is 4.79 Å². The number of carbonyl (C=O) groups is 1. The third-order valence-corrected chi connectivity index (χ3v) is 2.28. The minimum absolute atomic E-state index is 0.806. The molecule has 0 saturated heterocycles. The summed E-state index contributed by atoms with van der Waals surface area (Å²) in [5.74, 6) is -1.24. The molecule has 0 bridgehead atoms. The molecule has 66 valence electrons. The van der Waals surface area contributed by atoms with E-state index >= 15 is 0 Å². The van der Waals surface area contributed by atoms with Crippen LogP contribution < -0.4 is 0 Å². The van der Waals surface area contributed by atoms with Crippen LogP contribution in [-0.2, 0) is 4.79 Å². The Bertz CT molecular complexity index is 269. The van der Waals surface area contributed by atoms with Gasteiger partial charge < -0.3 is 10.2 Å². The zero-order valence-corrected chi connectivity index (χ0v) is 7.25.